The van der Waals surface area contributed by atoms with E-state index in [4.69, 9.17) is 5.73 Å². The van der Waals surface area contributed by atoms with E-state index in [1.54, 1.807) is 0 Å². The number of amides is 2. The van der Waals surface area contributed by atoms with E-state index < -0.39 is 0 Å². The molecule has 0 radical (unpaired) electrons. The summed E-state index contributed by atoms with van der Waals surface area (Å²) in [7, 11) is 0. The van der Waals surface area contributed by atoms with E-state index in [0.29, 0.717) is 19.0 Å². The second-order valence-corrected chi connectivity index (χ2v) is 5.24. The molecule has 6 nitrogen and oxygen atoms in total. The van der Waals surface area contributed by atoms with Crippen LogP contribution in [0.5, 0.6) is 0 Å². The fourth-order valence-electron chi connectivity index (χ4n) is 1.92. The zero-order valence-corrected chi connectivity index (χ0v) is 13.3. The van der Waals surface area contributed by atoms with Crippen molar-refractivity contribution in [3.63, 3.8) is 0 Å². The quantitative estimate of drug-likeness (QED) is 0.587. The maximum atomic E-state index is 12.1. The first-order chi connectivity index (χ1) is 9.44. The molecule has 0 aliphatic heterocycles. The largest absolute Gasteiger partial charge is 0.346 e. The van der Waals surface area contributed by atoms with Gasteiger partial charge in [0, 0.05) is 19.6 Å². The summed E-state index contributed by atoms with van der Waals surface area (Å²) >= 11 is 0. The van der Waals surface area contributed by atoms with Crippen LogP contribution >= 0.6 is 0 Å². The van der Waals surface area contributed by atoms with Crippen molar-refractivity contribution in [3.8, 4) is 0 Å². The summed E-state index contributed by atoms with van der Waals surface area (Å²) in [5.74, 6) is 0.0557. The molecule has 0 spiro atoms. The number of hydrogen-bond acceptors (Lipinski definition) is 4. The minimum Gasteiger partial charge on any atom is -0.346 e. The SMILES string of the molecule is CCN(CC)CCN(CC(C)C)C(=O)CNC(=O)CN. The molecule has 0 aliphatic carbocycles. The summed E-state index contributed by atoms with van der Waals surface area (Å²) < 4.78 is 0. The highest BCUT2D eigenvalue weighted by molar-refractivity contribution is 5.85. The highest BCUT2D eigenvalue weighted by Gasteiger charge is 2.16. The molecule has 118 valence electrons. The smallest absolute Gasteiger partial charge is 0.242 e. The van der Waals surface area contributed by atoms with Gasteiger partial charge in [-0.25, -0.2) is 0 Å². The minimum atomic E-state index is -0.299. The molecule has 2 amide bonds. The van der Waals surface area contributed by atoms with Crippen molar-refractivity contribution < 1.29 is 9.59 Å². The van der Waals surface area contributed by atoms with Crippen LogP contribution in [0.3, 0.4) is 0 Å². The van der Waals surface area contributed by atoms with Crippen LogP contribution in [0.4, 0.5) is 0 Å². The van der Waals surface area contributed by atoms with Crippen molar-refractivity contribution in [3.05, 3.63) is 0 Å². The Balaban J connectivity index is 4.38. The summed E-state index contributed by atoms with van der Waals surface area (Å²) in [6.45, 7) is 12.5. The van der Waals surface area contributed by atoms with Crippen LogP contribution in [0, 0.1) is 5.92 Å². The highest BCUT2D eigenvalue weighted by atomic mass is 16.2. The molecule has 0 aromatic rings. The predicted molar refractivity (Wildman–Crippen MR) is 81.3 cm³/mol. The van der Waals surface area contributed by atoms with Crippen molar-refractivity contribution in [2.24, 2.45) is 11.7 Å². The number of nitrogens with one attached hydrogen (secondary N) is 1. The van der Waals surface area contributed by atoms with Crippen LogP contribution in [-0.4, -0.2) is 67.4 Å². The van der Waals surface area contributed by atoms with Crippen molar-refractivity contribution in [2.45, 2.75) is 27.7 Å². The monoisotopic (exact) mass is 286 g/mol. The molecular weight excluding hydrogens is 256 g/mol. The van der Waals surface area contributed by atoms with E-state index in [9.17, 15) is 9.59 Å². The van der Waals surface area contributed by atoms with Crippen LogP contribution in [0.25, 0.3) is 0 Å². The van der Waals surface area contributed by atoms with Gasteiger partial charge in [-0.15, -0.1) is 0 Å². The Morgan fingerprint density at radius 2 is 1.75 bits per heavy atom. The molecule has 0 aromatic carbocycles. The van der Waals surface area contributed by atoms with E-state index in [1.807, 2.05) is 4.90 Å². The molecule has 0 heterocycles. The highest BCUT2D eigenvalue weighted by Crippen LogP contribution is 2.00. The molecule has 0 fully saturated rings. The molecule has 6 heteroatoms. The Hall–Kier alpha value is -1.14. The topological polar surface area (TPSA) is 78.7 Å². The van der Waals surface area contributed by atoms with Gasteiger partial charge in [0.25, 0.3) is 0 Å². The maximum Gasteiger partial charge on any atom is 0.242 e. The van der Waals surface area contributed by atoms with Crippen molar-refractivity contribution in [2.75, 3.05) is 45.8 Å². The van der Waals surface area contributed by atoms with Gasteiger partial charge in [0.15, 0.2) is 0 Å². The van der Waals surface area contributed by atoms with Gasteiger partial charge >= 0.3 is 0 Å². The average molecular weight is 286 g/mol. The molecule has 0 aliphatic rings. The first-order valence-corrected chi connectivity index (χ1v) is 7.41. The second-order valence-electron chi connectivity index (χ2n) is 5.24. The zero-order chi connectivity index (χ0) is 15.5. The van der Waals surface area contributed by atoms with Crippen molar-refractivity contribution in [1.82, 2.24) is 15.1 Å². The molecule has 0 bridgehead atoms. The summed E-state index contributed by atoms with van der Waals surface area (Å²) in [5, 5.41) is 2.53. The molecule has 3 N–H and O–H groups in total. The lowest BCUT2D eigenvalue weighted by molar-refractivity contribution is -0.133. The molecule has 20 heavy (non-hydrogen) atoms. The predicted octanol–water partition coefficient (Wildman–Crippen LogP) is -0.112. The normalized spacial score (nSPS) is 10.9. The van der Waals surface area contributed by atoms with Crippen LogP contribution < -0.4 is 11.1 Å². The molecule has 0 saturated heterocycles. The van der Waals surface area contributed by atoms with Crippen LogP contribution in [0.1, 0.15) is 27.7 Å². The molecule has 0 aromatic heterocycles. The van der Waals surface area contributed by atoms with Gasteiger partial charge in [-0.2, -0.15) is 0 Å². The third kappa shape index (κ3) is 8.12. The number of nitrogens with two attached hydrogens (primary N) is 1. The fourth-order valence-corrected chi connectivity index (χ4v) is 1.92. The minimum absolute atomic E-state index is 0.0288. The summed E-state index contributed by atoms with van der Waals surface area (Å²) in [5.41, 5.74) is 5.21. The second kappa shape index (κ2) is 10.6. The van der Waals surface area contributed by atoms with Crippen LogP contribution in [-0.2, 0) is 9.59 Å². The number of carbonyl (C=O) groups is 2. The number of nitrogens with zero attached hydrogens (tertiary/aromatic N) is 2. The number of carbonyl (C=O) groups excluding carboxylic acids is 2. The van der Waals surface area contributed by atoms with E-state index in [0.717, 1.165) is 19.6 Å². The van der Waals surface area contributed by atoms with Gasteiger partial charge in [0.05, 0.1) is 13.1 Å². The van der Waals surface area contributed by atoms with Gasteiger partial charge in [-0.1, -0.05) is 27.7 Å². The van der Waals surface area contributed by atoms with Gasteiger partial charge in [-0.05, 0) is 19.0 Å². The van der Waals surface area contributed by atoms with Gasteiger partial charge in [-0.3, -0.25) is 9.59 Å². The fraction of sp³-hybridized carbons (Fsp3) is 0.857. The maximum absolute atomic E-state index is 12.1. The van der Waals surface area contributed by atoms with Gasteiger partial charge < -0.3 is 20.9 Å². The zero-order valence-electron chi connectivity index (χ0n) is 13.3. The van der Waals surface area contributed by atoms with E-state index >= 15 is 0 Å². The van der Waals surface area contributed by atoms with Crippen molar-refractivity contribution in [1.29, 1.82) is 0 Å². The average Bonchev–Trinajstić information content (AvgIpc) is 2.43. The number of likely N-dealkylation sites (N-methyl/N-ethyl adjacent to an activating group) is 1. The lowest BCUT2D eigenvalue weighted by atomic mass is 10.2. The third-order valence-corrected chi connectivity index (χ3v) is 3.14. The van der Waals surface area contributed by atoms with Crippen LogP contribution in [0.2, 0.25) is 0 Å². The van der Waals surface area contributed by atoms with Gasteiger partial charge in [0.2, 0.25) is 11.8 Å². The Bertz CT molecular complexity index is 291. The number of hydrogen-bond donors (Lipinski definition) is 2. The standard InChI is InChI=1S/C14H30N4O2/c1-5-17(6-2)7-8-18(11-12(3)4)14(20)10-16-13(19)9-15/h12H,5-11,15H2,1-4H3,(H,16,19). The Labute approximate surface area is 122 Å². The van der Waals surface area contributed by atoms with E-state index in [-0.39, 0.29) is 24.9 Å². The van der Waals surface area contributed by atoms with E-state index in [2.05, 4.69) is 37.9 Å². The molecule has 0 unspecified atom stereocenters. The summed E-state index contributed by atoms with van der Waals surface area (Å²) in [6, 6.07) is 0. The first kappa shape index (κ1) is 18.9. The lowest BCUT2D eigenvalue weighted by Gasteiger charge is -2.28. The molecule has 0 atom stereocenters. The Morgan fingerprint density at radius 1 is 1.15 bits per heavy atom. The summed E-state index contributed by atoms with van der Waals surface area (Å²) in [4.78, 5) is 27.3. The molecule has 0 rings (SSSR count). The number of rotatable bonds is 10. The molecular formula is C14H30N4O2. The lowest BCUT2D eigenvalue weighted by Crippen LogP contribution is -2.46. The Morgan fingerprint density at radius 3 is 2.20 bits per heavy atom. The van der Waals surface area contributed by atoms with E-state index in [1.165, 1.54) is 0 Å². The third-order valence-electron chi connectivity index (χ3n) is 3.14. The summed E-state index contributed by atoms with van der Waals surface area (Å²) in [6.07, 6.45) is 0. The van der Waals surface area contributed by atoms with Crippen molar-refractivity contribution >= 4 is 11.8 Å². The Kier molecular flexibility index (Phi) is 10.0. The first-order valence-electron chi connectivity index (χ1n) is 7.41. The van der Waals surface area contributed by atoms with Crippen LogP contribution in [0.15, 0.2) is 0 Å². The molecule has 0 saturated carbocycles. The van der Waals surface area contributed by atoms with Gasteiger partial charge in [0.1, 0.15) is 0 Å².